The first-order chi connectivity index (χ1) is 21.0. The average Bonchev–Trinajstić information content (AvgIpc) is 3.05. The first-order valence-corrected chi connectivity index (χ1v) is 16.4. The molecule has 0 spiro atoms. The van der Waals surface area contributed by atoms with E-state index in [1.54, 1.807) is 14.2 Å². The lowest BCUT2D eigenvalue weighted by Gasteiger charge is -2.26. The highest BCUT2D eigenvalue weighted by molar-refractivity contribution is 5.94. The van der Waals surface area contributed by atoms with Gasteiger partial charge in [0.2, 0.25) is 0 Å². The van der Waals surface area contributed by atoms with Crippen molar-refractivity contribution in [1.82, 2.24) is 9.80 Å². The van der Waals surface area contributed by atoms with E-state index in [4.69, 9.17) is 9.47 Å². The number of hydrogen-bond donors (Lipinski definition) is 0. The molecule has 0 aliphatic carbocycles. The van der Waals surface area contributed by atoms with E-state index in [2.05, 4.69) is 62.1 Å². The van der Waals surface area contributed by atoms with Gasteiger partial charge in [-0.15, -0.1) is 0 Å². The van der Waals surface area contributed by atoms with Crippen molar-refractivity contribution in [2.24, 2.45) is 0 Å². The molecule has 0 N–H and O–H groups in total. The minimum absolute atomic E-state index is 0.109. The number of amides is 1. The number of rotatable bonds is 20. The number of carbonyl (C=O) groups is 1. The van der Waals surface area contributed by atoms with Gasteiger partial charge >= 0.3 is 0 Å². The SMILES string of the molecule is CCCCCc1ccc(C(=O)N(CCCN(CCCC)CCCC)Cc2ccc(-c3ccc(OC)c(OC)c3)cc2)cc1. The van der Waals surface area contributed by atoms with Crippen molar-refractivity contribution in [2.75, 3.05) is 40.4 Å². The molecule has 0 saturated carbocycles. The van der Waals surface area contributed by atoms with Crippen molar-refractivity contribution in [2.45, 2.75) is 85.1 Å². The third kappa shape index (κ3) is 11.0. The lowest BCUT2D eigenvalue weighted by atomic mass is 10.0. The number of carbonyl (C=O) groups excluding carboxylic acids is 1. The predicted octanol–water partition coefficient (Wildman–Crippen LogP) is 9.04. The van der Waals surface area contributed by atoms with Crippen LogP contribution in [0.4, 0.5) is 0 Å². The first-order valence-electron chi connectivity index (χ1n) is 16.4. The van der Waals surface area contributed by atoms with Crippen LogP contribution < -0.4 is 9.47 Å². The molecule has 43 heavy (non-hydrogen) atoms. The van der Waals surface area contributed by atoms with Crippen LogP contribution in [0.3, 0.4) is 0 Å². The molecular weight excluding hydrogens is 532 g/mol. The number of nitrogens with zero attached hydrogens (tertiary/aromatic N) is 2. The van der Waals surface area contributed by atoms with Crippen LogP contribution in [0.2, 0.25) is 0 Å². The molecule has 0 fully saturated rings. The molecule has 0 atom stereocenters. The molecule has 5 heteroatoms. The minimum atomic E-state index is 0.109. The Morgan fingerprint density at radius 2 is 1.19 bits per heavy atom. The molecule has 0 saturated heterocycles. The fourth-order valence-corrected chi connectivity index (χ4v) is 5.45. The standard InChI is InChI=1S/C38H54N2O3/c1-6-9-12-14-31-15-21-34(22-16-31)38(41)40(28-13-27-39(25-10-7-2)26-11-8-3)30-32-17-19-33(20-18-32)35-23-24-36(42-4)37(29-35)43-5/h15-24,29H,6-14,25-28,30H2,1-5H3. The van der Waals surface area contributed by atoms with Crippen molar-refractivity contribution < 1.29 is 14.3 Å². The Kier molecular flexibility index (Phi) is 15.2. The third-order valence-corrected chi connectivity index (χ3v) is 8.16. The van der Waals surface area contributed by atoms with Crippen LogP contribution in [0, 0.1) is 0 Å². The molecule has 3 aromatic rings. The first kappa shape index (κ1) is 34.2. The highest BCUT2D eigenvalue weighted by Crippen LogP contribution is 2.32. The van der Waals surface area contributed by atoms with Gasteiger partial charge in [0, 0.05) is 18.7 Å². The highest BCUT2D eigenvalue weighted by atomic mass is 16.5. The molecular formula is C38H54N2O3. The summed E-state index contributed by atoms with van der Waals surface area (Å²) < 4.78 is 10.9. The van der Waals surface area contributed by atoms with Gasteiger partial charge in [-0.05, 0) is 98.3 Å². The summed E-state index contributed by atoms with van der Waals surface area (Å²) in [6, 6.07) is 22.8. The lowest BCUT2D eigenvalue weighted by Crippen LogP contribution is -2.34. The van der Waals surface area contributed by atoms with Crippen LogP contribution in [0.15, 0.2) is 66.7 Å². The summed E-state index contributed by atoms with van der Waals surface area (Å²) in [4.78, 5) is 18.5. The van der Waals surface area contributed by atoms with Gasteiger partial charge in [0.25, 0.3) is 5.91 Å². The summed E-state index contributed by atoms with van der Waals surface area (Å²) in [7, 11) is 3.30. The second-order valence-electron chi connectivity index (χ2n) is 11.5. The van der Waals surface area contributed by atoms with Crippen LogP contribution in [-0.2, 0) is 13.0 Å². The summed E-state index contributed by atoms with van der Waals surface area (Å²) >= 11 is 0. The second kappa shape index (κ2) is 19.1. The lowest BCUT2D eigenvalue weighted by molar-refractivity contribution is 0.0734. The maximum Gasteiger partial charge on any atom is 0.254 e. The zero-order valence-electron chi connectivity index (χ0n) is 27.4. The average molecular weight is 587 g/mol. The minimum Gasteiger partial charge on any atom is -0.493 e. The maximum absolute atomic E-state index is 13.8. The Balaban J connectivity index is 1.75. The van der Waals surface area contributed by atoms with Crippen molar-refractivity contribution in [3.05, 3.63) is 83.4 Å². The van der Waals surface area contributed by atoms with Crippen molar-refractivity contribution in [3.63, 3.8) is 0 Å². The van der Waals surface area contributed by atoms with Gasteiger partial charge in [0.15, 0.2) is 11.5 Å². The molecule has 3 rings (SSSR count). The Morgan fingerprint density at radius 1 is 0.605 bits per heavy atom. The van der Waals surface area contributed by atoms with Crippen LogP contribution in [-0.4, -0.2) is 56.1 Å². The number of hydrogen-bond acceptors (Lipinski definition) is 4. The van der Waals surface area contributed by atoms with Crippen molar-refractivity contribution in [3.8, 4) is 22.6 Å². The second-order valence-corrected chi connectivity index (χ2v) is 11.5. The number of aryl methyl sites for hydroxylation is 1. The Morgan fingerprint density at radius 3 is 1.79 bits per heavy atom. The van der Waals surface area contributed by atoms with E-state index in [-0.39, 0.29) is 5.91 Å². The van der Waals surface area contributed by atoms with Crippen molar-refractivity contribution >= 4 is 5.91 Å². The molecule has 3 aromatic carbocycles. The van der Waals surface area contributed by atoms with Gasteiger partial charge in [0.1, 0.15) is 0 Å². The predicted molar refractivity (Wildman–Crippen MR) is 180 cm³/mol. The molecule has 234 valence electrons. The van der Waals surface area contributed by atoms with E-state index >= 15 is 0 Å². The van der Waals surface area contributed by atoms with Gasteiger partial charge in [-0.3, -0.25) is 4.79 Å². The molecule has 0 aromatic heterocycles. The Labute approximate surface area is 261 Å². The van der Waals surface area contributed by atoms with E-state index in [1.807, 2.05) is 35.2 Å². The van der Waals surface area contributed by atoms with Crippen LogP contribution in [0.1, 0.15) is 93.6 Å². The zero-order valence-corrected chi connectivity index (χ0v) is 27.4. The van der Waals surface area contributed by atoms with Crippen LogP contribution in [0.5, 0.6) is 11.5 Å². The molecule has 0 bridgehead atoms. The summed E-state index contributed by atoms with van der Waals surface area (Å²) in [5, 5.41) is 0. The molecule has 0 radical (unpaired) electrons. The molecule has 5 nitrogen and oxygen atoms in total. The Bertz CT molecular complexity index is 1200. The van der Waals surface area contributed by atoms with E-state index in [1.165, 1.54) is 50.5 Å². The molecule has 0 heterocycles. The molecule has 1 amide bonds. The van der Waals surface area contributed by atoms with E-state index in [0.717, 1.165) is 61.3 Å². The van der Waals surface area contributed by atoms with E-state index in [9.17, 15) is 4.79 Å². The topological polar surface area (TPSA) is 42.0 Å². The van der Waals surface area contributed by atoms with Crippen LogP contribution in [0.25, 0.3) is 11.1 Å². The number of benzene rings is 3. The smallest absolute Gasteiger partial charge is 0.254 e. The van der Waals surface area contributed by atoms with Gasteiger partial charge < -0.3 is 19.3 Å². The quantitative estimate of drug-likeness (QED) is 0.124. The van der Waals surface area contributed by atoms with Gasteiger partial charge in [-0.1, -0.05) is 88.9 Å². The monoisotopic (exact) mass is 586 g/mol. The van der Waals surface area contributed by atoms with Crippen molar-refractivity contribution in [1.29, 1.82) is 0 Å². The van der Waals surface area contributed by atoms with Gasteiger partial charge in [-0.25, -0.2) is 0 Å². The Hall–Kier alpha value is -3.31. The summed E-state index contributed by atoms with van der Waals surface area (Å²) in [6.45, 7) is 11.4. The largest absolute Gasteiger partial charge is 0.493 e. The van der Waals surface area contributed by atoms with E-state index in [0.29, 0.717) is 18.0 Å². The fourth-order valence-electron chi connectivity index (χ4n) is 5.45. The molecule has 0 aliphatic heterocycles. The van der Waals surface area contributed by atoms with Gasteiger partial charge in [-0.2, -0.15) is 0 Å². The summed E-state index contributed by atoms with van der Waals surface area (Å²) in [6.07, 6.45) is 10.6. The number of methoxy groups -OCH3 is 2. The fraction of sp³-hybridized carbons (Fsp3) is 0.500. The normalized spacial score (nSPS) is 11.1. The zero-order chi connectivity index (χ0) is 30.9. The van der Waals surface area contributed by atoms with Gasteiger partial charge in [0.05, 0.1) is 14.2 Å². The third-order valence-electron chi connectivity index (χ3n) is 8.16. The molecule has 0 unspecified atom stereocenters. The summed E-state index contributed by atoms with van der Waals surface area (Å²) in [5.41, 5.74) is 5.38. The van der Waals surface area contributed by atoms with Crippen LogP contribution >= 0.6 is 0 Å². The maximum atomic E-state index is 13.8. The number of ether oxygens (including phenoxy) is 2. The summed E-state index contributed by atoms with van der Waals surface area (Å²) in [5.74, 6) is 1.54. The van der Waals surface area contributed by atoms with E-state index < -0.39 is 0 Å². The highest BCUT2D eigenvalue weighted by Gasteiger charge is 2.17. The number of unbranched alkanes of at least 4 members (excludes halogenated alkanes) is 4. The molecule has 0 aliphatic rings.